The fraction of sp³-hybridized carbons (Fsp3) is 0.182. The predicted octanol–water partition coefficient (Wildman–Crippen LogP) is 3.52. The Bertz CT molecular complexity index is 738. The van der Waals surface area contributed by atoms with Crippen molar-refractivity contribution in [3.05, 3.63) is 82.9 Å². The van der Waals surface area contributed by atoms with Crippen LogP contribution in [0.3, 0.4) is 0 Å². The summed E-state index contributed by atoms with van der Waals surface area (Å²) in [5, 5.41) is 0. The smallest absolute Gasteiger partial charge is 0.336 e. The molecule has 0 aliphatic rings. The quantitative estimate of drug-likeness (QED) is 0.528. The van der Waals surface area contributed by atoms with E-state index in [1.54, 1.807) is 12.2 Å². The monoisotopic (exact) mass is 366 g/mol. The van der Waals surface area contributed by atoms with Crippen LogP contribution in [0.25, 0.3) is 12.2 Å². The highest BCUT2D eigenvalue weighted by Crippen LogP contribution is 2.12. The standard InChI is InChI=1S/C22H22O5/c1-25-21(23)19(13-17-9-5-3-6-10-17)15-27-16-20(22(24)26-2)14-18-11-7-4-8-12-18/h3-14H,15-16H2,1-2H3/b19-13-,20-14+. The Kier molecular flexibility index (Phi) is 8.00. The van der Waals surface area contributed by atoms with Gasteiger partial charge in [0.25, 0.3) is 0 Å². The Morgan fingerprint density at radius 3 is 1.41 bits per heavy atom. The SMILES string of the molecule is COC(=O)/C(=C\c1ccccc1)COC/C(=C\c1ccccc1)C(=O)OC. The average molecular weight is 366 g/mol. The third-order valence-corrected chi connectivity index (χ3v) is 3.69. The maximum absolute atomic E-state index is 12.0. The lowest BCUT2D eigenvalue weighted by Crippen LogP contribution is -2.15. The van der Waals surface area contributed by atoms with E-state index < -0.39 is 11.9 Å². The number of methoxy groups -OCH3 is 2. The van der Waals surface area contributed by atoms with Crippen molar-refractivity contribution >= 4 is 24.1 Å². The fourth-order valence-corrected chi connectivity index (χ4v) is 2.35. The molecule has 0 fully saturated rings. The van der Waals surface area contributed by atoms with Crippen molar-refractivity contribution in [2.24, 2.45) is 0 Å². The molecule has 27 heavy (non-hydrogen) atoms. The van der Waals surface area contributed by atoms with Gasteiger partial charge in [-0.25, -0.2) is 9.59 Å². The minimum Gasteiger partial charge on any atom is -0.466 e. The first-order chi connectivity index (χ1) is 13.1. The van der Waals surface area contributed by atoms with Gasteiger partial charge in [-0.1, -0.05) is 60.7 Å². The van der Waals surface area contributed by atoms with Crippen molar-refractivity contribution in [2.45, 2.75) is 0 Å². The van der Waals surface area contributed by atoms with Gasteiger partial charge in [-0.3, -0.25) is 0 Å². The number of hydrogen-bond acceptors (Lipinski definition) is 5. The highest BCUT2D eigenvalue weighted by atomic mass is 16.5. The second kappa shape index (κ2) is 10.7. The minimum atomic E-state index is -0.481. The van der Waals surface area contributed by atoms with Gasteiger partial charge in [-0.2, -0.15) is 0 Å². The first-order valence-corrected chi connectivity index (χ1v) is 8.39. The third kappa shape index (κ3) is 6.56. The van der Waals surface area contributed by atoms with E-state index in [1.807, 2.05) is 60.7 Å². The summed E-state index contributed by atoms with van der Waals surface area (Å²) in [5.41, 5.74) is 2.42. The Hall–Kier alpha value is -3.18. The molecule has 0 spiro atoms. The number of benzene rings is 2. The highest BCUT2D eigenvalue weighted by molar-refractivity contribution is 5.94. The van der Waals surface area contributed by atoms with Crippen LogP contribution in [0.1, 0.15) is 11.1 Å². The van der Waals surface area contributed by atoms with Gasteiger partial charge >= 0.3 is 11.9 Å². The van der Waals surface area contributed by atoms with Gasteiger partial charge in [0.05, 0.1) is 38.6 Å². The molecule has 2 rings (SSSR count). The second-order valence-corrected chi connectivity index (χ2v) is 5.64. The summed E-state index contributed by atoms with van der Waals surface area (Å²) in [5.74, 6) is -0.962. The average Bonchev–Trinajstić information content (AvgIpc) is 2.72. The van der Waals surface area contributed by atoms with Gasteiger partial charge < -0.3 is 14.2 Å². The van der Waals surface area contributed by atoms with Crippen molar-refractivity contribution in [3.63, 3.8) is 0 Å². The Morgan fingerprint density at radius 2 is 1.07 bits per heavy atom. The van der Waals surface area contributed by atoms with Crippen LogP contribution in [0, 0.1) is 0 Å². The predicted molar refractivity (Wildman–Crippen MR) is 104 cm³/mol. The number of esters is 2. The summed E-state index contributed by atoms with van der Waals surface area (Å²) >= 11 is 0. The fourth-order valence-electron chi connectivity index (χ4n) is 2.35. The van der Waals surface area contributed by atoms with Gasteiger partial charge in [0.15, 0.2) is 0 Å². The molecule has 0 saturated carbocycles. The van der Waals surface area contributed by atoms with Crippen LogP contribution >= 0.6 is 0 Å². The Morgan fingerprint density at radius 1 is 0.704 bits per heavy atom. The summed E-state index contributed by atoms with van der Waals surface area (Å²) in [6.45, 7) is 0.00931. The van der Waals surface area contributed by atoms with Crippen LogP contribution in [0.15, 0.2) is 71.8 Å². The van der Waals surface area contributed by atoms with E-state index in [0.717, 1.165) is 11.1 Å². The van der Waals surface area contributed by atoms with Gasteiger partial charge in [0.2, 0.25) is 0 Å². The van der Waals surface area contributed by atoms with E-state index in [9.17, 15) is 9.59 Å². The summed E-state index contributed by atoms with van der Waals surface area (Å²) in [7, 11) is 2.63. The minimum absolute atomic E-state index is 0.00465. The molecule has 0 saturated heterocycles. The molecule has 140 valence electrons. The summed E-state index contributed by atoms with van der Waals surface area (Å²) < 4.78 is 15.2. The molecule has 5 nitrogen and oxygen atoms in total. The van der Waals surface area contributed by atoms with E-state index in [2.05, 4.69) is 0 Å². The molecule has 0 N–H and O–H groups in total. The van der Waals surface area contributed by atoms with E-state index in [1.165, 1.54) is 14.2 Å². The molecular formula is C22H22O5. The molecule has 5 heteroatoms. The van der Waals surface area contributed by atoms with Crippen LogP contribution in [-0.2, 0) is 23.8 Å². The zero-order valence-corrected chi connectivity index (χ0v) is 15.4. The Balaban J connectivity index is 2.11. The first kappa shape index (κ1) is 20.1. The lowest BCUT2D eigenvalue weighted by atomic mass is 10.1. The van der Waals surface area contributed by atoms with E-state index in [0.29, 0.717) is 11.1 Å². The molecule has 0 amide bonds. The lowest BCUT2D eigenvalue weighted by molar-refractivity contribution is -0.136. The normalized spacial score (nSPS) is 11.8. The largest absolute Gasteiger partial charge is 0.466 e. The zero-order chi connectivity index (χ0) is 19.5. The van der Waals surface area contributed by atoms with Crippen molar-refractivity contribution in [3.8, 4) is 0 Å². The second-order valence-electron chi connectivity index (χ2n) is 5.64. The van der Waals surface area contributed by atoms with Crippen LogP contribution in [0.2, 0.25) is 0 Å². The van der Waals surface area contributed by atoms with Crippen molar-refractivity contribution in [1.29, 1.82) is 0 Å². The summed E-state index contributed by atoms with van der Waals surface area (Å²) in [4.78, 5) is 24.0. The molecule has 0 aliphatic carbocycles. The van der Waals surface area contributed by atoms with Crippen LogP contribution in [0.4, 0.5) is 0 Å². The zero-order valence-electron chi connectivity index (χ0n) is 15.4. The third-order valence-electron chi connectivity index (χ3n) is 3.69. The molecular weight excluding hydrogens is 344 g/mol. The molecule has 0 aromatic heterocycles. The molecule has 0 bridgehead atoms. The topological polar surface area (TPSA) is 61.8 Å². The lowest BCUT2D eigenvalue weighted by Gasteiger charge is -2.09. The number of rotatable bonds is 8. The van der Waals surface area contributed by atoms with Gasteiger partial charge in [0, 0.05) is 0 Å². The summed E-state index contributed by atoms with van der Waals surface area (Å²) in [6.07, 6.45) is 3.40. The maximum Gasteiger partial charge on any atom is 0.336 e. The number of ether oxygens (including phenoxy) is 3. The van der Waals surface area contributed by atoms with Crippen molar-refractivity contribution in [2.75, 3.05) is 27.4 Å². The van der Waals surface area contributed by atoms with Crippen molar-refractivity contribution < 1.29 is 23.8 Å². The maximum atomic E-state index is 12.0. The van der Waals surface area contributed by atoms with Crippen molar-refractivity contribution in [1.82, 2.24) is 0 Å². The van der Waals surface area contributed by atoms with Gasteiger partial charge in [0.1, 0.15) is 0 Å². The van der Waals surface area contributed by atoms with Gasteiger partial charge in [-0.05, 0) is 23.3 Å². The molecule has 0 unspecified atom stereocenters. The summed E-state index contributed by atoms with van der Waals surface area (Å²) in [6, 6.07) is 18.8. The highest BCUT2D eigenvalue weighted by Gasteiger charge is 2.14. The number of hydrogen-bond donors (Lipinski definition) is 0. The van der Waals surface area contributed by atoms with E-state index in [4.69, 9.17) is 14.2 Å². The molecule has 0 heterocycles. The molecule has 0 radical (unpaired) electrons. The number of carbonyl (C=O) groups excluding carboxylic acids is 2. The van der Waals surface area contributed by atoms with Gasteiger partial charge in [-0.15, -0.1) is 0 Å². The van der Waals surface area contributed by atoms with Crippen LogP contribution in [0.5, 0.6) is 0 Å². The molecule has 2 aromatic rings. The van der Waals surface area contributed by atoms with E-state index >= 15 is 0 Å². The molecule has 0 atom stereocenters. The first-order valence-electron chi connectivity index (χ1n) is 8.39. The Labute approximate surface area is 158 Å². The van der Waals surface area contributed by atoms with Crippen LogP contribution in [-0.4, -0.2) is 39.4 Å². The van der Waals surface area contributed by atoms with E-state index in [-0.39, 0.29) is 13.2 Å². The van der Waals surface area contributed by atoms with Crippen LogP contribution < -0.4 is 0 Å². The molecule has 2 aromatic carbocycles. The number of carbonyl (C=O) groups is 2. The molecule has 0 aliphatic heterocycles.